The van der Waals surface area contributed by atoms with Crippen molar-refractivity contribution in [3.8, 4) is 0 Å². The van der Waals surface area contributed by atoms with E-state index in [1.807, 2.05) is 0 Å². The van der Waals surface area contributed by atoms with Gasteiger partial charge in [-0.3, -0.25) is 0 Å². The molecule has 0 fully saturated rings. The molecule has 0 aliphatic carbocycles. The molecular weight excluding hydrogens is 432 g/mol. The van der Waals surface area contributed by atoms with Crippen LogP contribution < -0.4 is 20.4 Å². The van der Waals surface area contributed by atoms with Crippen LogP contribution in [0.3, 0.4) is 0 Å². The fourth-order valence-corrected chi connectivity index (χ4v) is 3.33. The number of carbonyl (C=O) groups excluding carboxylic acids is 4. The highest BCUT2D eigenvalue weighted by molar-refractivity contribution is 5.86. The fourth-order valence-electron chi connectivity index (χ4n) is 3.33. The number of hydrogen-bond donors (Lipinski definition) is 1. The van der Waals surface area contributed by atoms with Crippen LogP contribution in [0.1, 0.15) is 122 Å². The molecule has 0 saturated carbocycles. The number of carbonyl (C=O) groups is 4. The Morgan fingerprint density at radius 3 is 1.09 bits per heavy atom. The molecule has 0 bridgehead atoms. The molecular formula is C24H40O9-4. The van der Waals surface area contributed by atoms with E-state index in [4.69, 9.17) is 5.11 Å². The van der Waals surface area contributed by atoms with Crippen LogP contribution in [0.4, 0.5) is 0 Å². The highest BCUT2D eigenvalue weighted by atomic mass is 16.4. The number of aliphatic hydroxyl groups is 1. The molecule has 0 rings (SSSR count). The molecule has 0 unspecified atom stereocenters. The third kappa shape index (κ3) is 24.3. The Balaban J connectivity index is 0. The lowest BCUT2D eigenvalue weighted by molar-refractivity contribution is -0.339. The van der Waals surface area contributed by atoms with Gasteiger partial charge in [0.25, 0.3) is 0 Å². The fraction of sp³-hybridized carbons (Fsp3) is 0.833. The zero-order valence-corrected chi connectivity index (χ0v) is 19.9. The lowest BCUT2D eigenvalue weighted by Gasteiger charge is -2.29. The van der Waals surface area contributed by atoms with E-state index >= 15 is 0 Å². The summed E-state index contributed by atoms with van der Waals surface area (Å²) in [5.41, 5.74) is -2.97. The maximum atomic E-state index is 10.2. The maximum Gasteiger partial charge on any atom is 0.114 e. The van der Waals surface area contributed by atoms with Gasteiger partial charge >= 0.3 is 0 Å². The van der Waals surface area contributed by atoms with Crippen LogP contribution in [0, 0.1) is 0 Å². The van der Waals surface area contributed by atoms with Gasteiger partial charge in [0.05, 0.1) is 5.97 Å². The number of unbranched alkanes of at least 4 members (excludes halogenated alkanes) is 14. The lowest BCUT2D eigenvalue weighted by atomic mass is 9.96. The predicted molar refractivity (Wildman–Crippen MR) is 114 cm³/mol. The van der Waals surface area contributed by atoms with Gasteiger partial charge in [-0.2, -0.15) is 0 Å². The molecule has 0 heterocycles. The van der Waals surface area contributed by atoms with E-state index in [9.17, 15) is 39.6 Å². The summed E-state index contributed by atoms with van der Waals surface area (Å²) in [6, 6.07) is 0. The molecule has 33 heavy (non-hydrogen) atoms. The minimum absolute atomic E-state index is 0.234. The summed E-state index contributed by atoms with van der Waals surface area (Å²) in [7, 11) is 0. The van der Waals surface area contributed by atoms with E-state index in [2.05, 4.69) is 6.92 Å². The van der Waals surface area contributed by atoms with Crippen molar-refractivity contribution in [1.82, 2.24) is 0 Å². The number of carboxylic acids is 4. The van der Waals surface area contributed by atoms with E-state index in [1.165, 1.54) is 83.5 Å². The van der Waals surface area contributed by atoms with Crippen LogP contribution in [-0.2, 0) is 19.2 Å². The highest BCUT2D eigenvalue weighted by Crippen LogP contribution is 2.14. The zero-order valence-electron chi connectivity index (χ0n) is 19.9. The molecule has 1 N–H and O–H groups in total. The zero-order chi connectivity index (χ0) is 25.5. The average Bonchev–Trinajstić information content (AvgIpc) is 2.70. The van der Waals surface area contributed by atoms with Crippen molar-refractivity contribution in [3.05, 3.63) is 0 Å². The predicted octanol–water partition coefficient (Wildman–Crippen LogP) is -0.255. The van der Waals surface area contributed by atoms with Gasteiger partial charge in [-0.25, -0.2) is 0 Å². The molecule has 0 saturated heterocycles. The molecule has 0 aromatic rings. The minimum Gasteiger partial charge on any atom is -0.550 e. The smallest absolute Gasteiger partial charge is 0.114 e. The number of carboxylic acid groups (broad SMARTS) is 4. The number of hydrogen-bond acceptors (Lipinski definition) is 9. The van der Waals surface area contributed by atoms with Crippen LogP contribution in [0.5, 0.6) is 0 Å². The molecule has 9 heteroatoms. The second-order valence-electron chi connectivity index (χ2n) is 8.49. The second kappa shape index (κ2) is 21.7. The SMILES string of the molecule is CCCCCCCCCCCCCCCCCC(=O)[O-].O=C([O-])CC(O)(CC(=O)[O-])C(=O)[O-]. The molecule has 9 nitrogen and oxygen atoms in total. The quantitative estimate of drug-likeness (QED) is 0.220. The first-order chi connectivity index (χ1) is 15.5. The molecule has 0 atom stereocenters. The molecule has 194 valence electrons. The van der Waals surface area contributed by atoms with Gasteiger partial charge in [0.2, 0.25) is 0 Å². The van der Waals surface area contributed by atoms with Gasteiger partial charge < -0.3 is 44.7 Å². The Morgan fingerprint density at radius 1 is 0.545 bits per heavy atom. The topological polar surface area (TPSA) is 181 Å². The standard InChI is InChI=1S/C18H36O2.C6H8O7/c1-2-3-4-5-6-7-8-9-10-11-12-13-14-15-16-17-18(19)20;7-3(8)1-6(13,5(11)12)2-4(9)10/h2-17H2,1H3,(H,19,20);13H,1-2H2,(H,7,8)(H,9,10)(H,11,12)/p-4. The summed E-state index contributed by atoms with van der Waals surface area (Å²) in [5, 5.41) is 49.1. The third-order valence-electron chi connectivity index (χ3n) is 5.24. The summed E-state index contributed by atoms with van der Waals surface area (Å²) in [5.74, 6) is -6.89. The Labute approximate surface area is 197 Å². The average molecular weight is 473 g/mol. The first kappa shape index (κ1) is 33.0. The van der Waals surface area contributed by atoms with Crippen LogP contribution in [-0.4, -0.2) is 34.6 Å². The van der Waals surface area contributed by atoms with Gasteiger partial charge in [0.1, 0.15) is 5.60 Å². The van der Waals surface area contributed by atoms with E-state index in [1.54, 1.807) is 0 Å². The minimum atomic E-state index is -2.97. The summed E-state index contributed by atoms with van der Waals surface area (Å²) in [6.07, 6.45) is 17.1. The second-order valence-corrected chi connectivity index (χ2v) is 8.49. The Morgan fingerprint density at radius 2 is 0.848 bits per heavy atom. The summed E-state index contributed by atoms with van der Waals surface area (Å²) in [4.78, 5) is 40.2. The summed E-state index contributed by atoms with van der Waals surface area (Å²) >= 11 is 0. The van der Waals surface area contributed by atoms with E-state index < -0.39 is 42.3 Å². The van der Waals surface area contributed by atoms with Crippen LogP contribution in [0.2, 0.25) is 0 Å². The van der Waals surface area contributed by atoms with Gasteiger partial charge in [-0.05, 0) is 12.8 Å². The Kier molecular flexibility index (Phi) is 21.7. The van der Waals surface area contributed by atoms with Crippen molar-refractivity contribution in [1.29, 1.82) is 0 Å². The third-order valence-corrected chi connectivity index (χ3v) is 5.24. The van der Waals surface area contributed by atoms with Crippen molar-refractivity contribution in [3.63, 3.8) is 0 Å². The van der Waals surface area contributed by atoms with E-state index in [-0.39, 0.29) is 6.42 Å². The highest BCUT2D eigenvalue weighted by Gasteiger charge is 2.29. The Hall–Kier alpha value is -2.16. The molecule has 0 radical (unpaired) electrons. The molecule has 0 spiro atoms. The van der Waals surface area contributed by atoms with Crippen molar-refractivity contribution in [2.45, 2.75) is 128 Å². The molecule has 0 aliphatic rings. The molecule has 0 amide bonds. The van der Waals surface area contributed by atoms with Crippen molar-refractivity contribution in [2.24, 2.45) is 0 Å². The maximum absolute atomic E-state index is 10.2. The summed E-state index contributed by atoms with van der Waals surface area (Å²) in [6.45, 7) is 2.27. The van der Waals surface area contributed by atoms with Crippen LogP contribution in [0.25, 0.3) is 0 Å². The molecule has 0 aromatic carbocycles. The first-order valence-electron chi connectivity index (χ1n) is 12.1. The van der Waals surface area contributed by atoms with Crippen molar-refractivity contribution < 1.29 is 44.7 Å². The molecule has 0 aliphatic heterocycles. The largest absolute Gasteiger partial charge is 0.550 e. The van der Waals surface area contributed by atoms with Crippen molar-refractivity contribution >= 4 is 23.9 Å². The molecule has 0 aromatic heterocycles. The number of aliphatic carboxylic acids is 4. The van der Waals surface area contributed by atoms with Gasteiger partial charge in [0, 0.05) is 30.7 Å². The van der Waals surface area contributed by atoms with Crippen molar-refractivity contribution in [2.75, 3.05) is 0 Å². The van der Waals surface area contributed by atoms with Gasteiger partial charge in [0.15, 0.2) is 0 Å². The normalized spacial score (nSPS) is 10.8. The van der Waals surface area contributed by atoms with Gasteiger partial charge in [-0.15, -0.1) is 0 Å². The monoisotopic (exact) mass is 472 g/mol. The van der Waals surface area contributed by atoms with E-state index in [0.29, 0.717) is 0 Å². The van der Waals surface area contributed by atoms with Crippen LogP contribution in [0.15, 0.2) is 0 Å². The first-order valence-corrected chi connectivity index (χ1v) is 12.1. The summed E-state index contributed by atoms with van der Waals surface area (Å²) < 4.78 is 0. The van der Waals surface area contributed by atoms with Crippen LogP contribution >= 0.6 is 0 Å². The van der Waals surface area contributed by atoms with Gasteiger partial charge in [-0.1, -0.05) is 96.8 Å². The van der Waals surface area contributed by atoms with E-state index in [0.717, 1.165) is 12.8 Å². The number of rotatable bonds is 21. The lowest BCUT2D eigenvalue weighted by Crippen LogP contribution is -2.54. The Bertz CT molecular complexity index is 530.